The van der Waals surface area contributed by atoms with Crippen molar-refractivity contribution in [1.29, 1.82) is 0 Å². The van der Waals surface area contributed by atoms with Crippen molar-refractivity contribution in [3.8, 4) is 10.7 Å². The largest absolute Gasteiger partial charge is 0.342 e. The normalized spacial score (nSPS) is 19.0. The summed E-state index contributed by atoms with van der Waals surface area (Å²) < 4.78 is 0. The van der Waals surface area contributed by atoms with Crippen LogP contribution in [0.3, 0.4) is 0 Å². The lowest BCUT2D eigenvalue weighted by molar-refractivity contribution is -0.138. The van der Waals surface area contributed by atoms with Gasteiger partial charge in [-0.15, -0.1) is 11.3 Å². The van der Waals surface area contributed by atoms with E-state index in [2.05, 4.69) is 27.4 Å². The maximum Gasteiger partial charge on any atom is 0.321 e. The molecular formula is C19H26N6O2S. The Morgan fingerprint density at radius 2 is 1.86 bits per heavy atom. The molecular weight excluding hydrogens is 376 g/mol. The number of carbonyl (C=O) groups is 2. The van der Waals surface area contributed by atoms with E-state index >= 15 is 0 Å². The molecule has 0 radical (unpaired) electrons. The van der Waals surface area contributed by atoms with Gasteiger partial charge < -0.3 is 15.1 Å². The van der Waals surface area contributed by atoms with E-state index < -0.39 is 0 Å². The van der Waals surface area contributed by atoms with Crippen LogP contribution in [-0.2, 0) is 4.79 Å². The van der Waals surface area contributed by atoms with Gasteiger partial charge in [-0.3, -0.25) is 9.89 Å². The van der Waals surface area contributed by atoms with E-state index in [1.54, 1.807) is 17.3 Å². The minimum Gasteiger partial charge on any atom is -0.342 e. The highest BCUT2D eigenvalue weighted by atomic mass is 32.1. The van der Waals surface area contributed by atoms with Gasteiger partial charge in [0, 0.05) is 43.7 Å². The van der Waals surface area contributed by atoms with E-state index in [0.717, 1.165) is 43.8 Å². The second kappa shape index (κ2) is 8.30. The summed E-state index contributed by atoms with van der Waals surface area (Å²) in [6.45, 7) is 5.19. The Hall–Kier alpha value is -2.42. The summed E-state index contributed by atoms with van der Waals surface area (Å²) in [6.07, 6.45) is 6.96. The number of carbonyl (C=O) groups excluding carboxylic acids is 2. The fourth-order valence-electron chi connectivity index (χ4n) is 3.90. The Labute approximate surface area is 168 Å². The second-order valence-electron chi connectivity index (χ2n) is 7.70. The number of hydrogen-bond donors (Lipinski definition) is 2. The number of urea groups is 1. The lowest BCUT2D eigenvalue weighted by Gasteiger charge is -2.36. The molecule has 0 aromatic carbocycles. The molecule has 2 fully saturated rings. The lowest BCUT2D eigenvalue weighted by Crippen LogP contribution is -2.47. The zero-order valence-corrected chi connectivity index (χ0v) is 16.9. The summed E-state index contributed by atoms with van der Waals surface area (Å²) in [6, 6.07) is -0.156. The van der Waals surface area contributed by atoms with Gasteiger partial charge in [-0.25, -0.2) is 9.78 Å². The van der Waals surface area contributed by atoms with Crippen molar-refractivity contribution in [3.05, 3.63) is 17.8 Å². The first-order chi connectivity index (χ1) is 13.6. The molecule has 2 aliphatic rings. The Morgan fingerprint density at radius 1 is 1.14 bits per heavy atom. The molecule has 0 spiro atoms. The van der Waals surface area contributed by atoms with Crippen LogP contribution in [0, 0.1) is 11.8 Å². The van der Waals surface area contributed by atoms with Gasteiger partial charge in [-0.2, -0.15) is 5.10 Å². The molecule has 9 heteroatoms. The highest BCUT2D eigenvalue weighted by Crippen LogP contribution is 2.28. The Balaban J connectivity index is 1.30. The number of rotatable bonds is 3. The summed E-state index contributed by atoms with van der Waals surface area (Å²) in [4.78, 5) is 33.5. The van der Waals surface area contributed by atoms with Crippen LogP contribution in [0.25, 0.3) is 10.7 Å². The highest BCUT2D eigenvalue weighted by Gasteiger charge is 2.31. The number of aromatic nitrogens is 3. The minimum atomic E-state index is -0.156. The predicted molar refractivity (Wildman–Crippen MR) is 108 cm³/mol. The number of amides is 3. The molecule has 0 aliphatic carbocycles. The topological polar surface area (TPSA) is 94.2 Å². The van der Waals surface area contributed by atoms with Gasteiger partial charge in [-0.1, -0.05) is 6.92 Å². The standard InChI is InChI=1S/C19H26N6O2S/c1-13-2-7-24(8-3-13)18(26)14-4-9-25(10-5-14)19(27)22-15-12-21-23-16(15)17-20-6-11-28-17/h6,11-14H,2-5,7-10H2,1H3,(H,21,23)(H,22,27). The number of aromatic amines is 1. The van der Waals surface area contributed by atoms with Crippen molar-refractivity contribution in [1.82, 2.24) is 25.0 Å². The molecule has 8 nitrogen and oxygen atoms in total. The number of thiazole rings is 1. The van der Waals surface area contributed by atoms with Crippen LogP contribution in [0.5, 0.6) is 0 Å². The van der Waals surface area contributed by atoms with E-state index in [9.17, 15) is 9.59 Å². The third-order valence-corrected chi connectivity index (χ3v) is 6.54. The SMILES string of the molecule is CC1CCN(C(=O)C2CCN(C(=O)Nc3cn[nH]c3-c3nccs3)CC2)CC1. The van der Waals surface area contributed by atoms with E-state index in [4.69, 9.17) is 0 Å². The summed E-state index contributed by atoms with van der Waals surface area (Å²) in [7, 11) is 0. The van der Waals surface area contributed by atoms with Crippen LogP contribution >= 0.6 is 11.3 Å². The van der Waals surface area contributed by atoms with Gasteiger partial charge >= 0.3 is 6.03 Å². The fraction of sp³-hybridized carbons (Fsp3) is 0.579. The maximum absolute atomic E-state index is 12.8. The van der Waals surface area contributed by atoms with Crippen LogP contribution in [0.2, 0.25) is 0 Å². The molecule has 2 aromatic rings. The molecule has 0 bridgehead atoms. The van der Waals surface area contributed by atoms with E-state index in [-0.39, 0.29) is 17.9 Å². The minimum absolute atomic E-state index is 0.0391. The molecule has 0 atom stereocenters. The molecule has 0 unspecified atom stereocenters. The molecule has 2 N–H and O–H groups in total. The number of anilines is 1. The number of hydrogen-bond acceptors (Lipinski definition) is 5. The van der Waals surface area contributed by atoms with Crippen molar-refractivity contribution in [2.24, 2.45) is 11.8 Å². The average molecular weight is 403 g/mol. The molecule has 2 aliphatic heterocycles. The van der Waals surface area contributed by atoms with Gasteiger partial charge in [0.25, 0.3) is 0 Å². The third-order valence-electron chi connectivity index (χ3n) is 5.75. The molecule has 28 heavy (non-hydrogen) atoms. The van der Waals surface area contributed by atoms with Crippen LogP contribution < -0.4 is 5.32 Å². The third kappa shape index (κ3) is 4.04. The first-order valence-electron chi connectivity index (χ1n) is 9.89. The highest BCUT2D eigenvalue weighted by molar-refractivity contribution is 7.13. The van der Waals surface area contributed by atoms with Gasteiger partial charge in [0.2, 0.25) is 5.91 Å². The Morgan fingerprint density at radius 3 is 2.54 bits per heavy atom. The smallest absolute Gasteiger partial charge is 0.321 e. The van der Waals surface area contributed by atoms with Gasteiger partial charge in [0.05, 0.1) is 11.9 Å². The van der Waals surface area contributed by atoms with Gasteiger partial charge in [0.1, 0.15) is 10.7 Å². The van der Waals surface area contributed by atoms with Crippen molar-refractivity contribution in [3.63, 3.8) is 0 Å². The van der Waals surface area contributed by atoms with Gasteiger partial charge in [-0.05, 0) is 31.6 Å². The summed E-state index contributed by atoms with van der Waals surface area (Å²) in [5.74, 6) is 1.02. The molecule has 4 heterocycles. The fourth-order valence-corrected chi connectivity index (χ4v) is 4.55. The molecule has 0 saturated carbocycles. The van der Waals surface area contributed by atoms with E-state index in [1.165, 1.54) is 11.3 Å². The van der Waals surface area contributed by atoms with Crippen LogP contribution in [0.15, 0.2) is 17.8 Å². The zero-order chi connectivity index (χ0) is 19.5. The summed E-state index contributed by atoms with van der Waals surface area (Å²) in [5.41, 5.74) is 1.34. The zero-order valence-electron chi connectivity index (χ0n) is 16.1. The first kappa shape index (κ1) is 18.9. The van der Waals surface area contributed by atoms with Crippen LogP contribution in [0.4, 0.5) is 10.5 Å². The van der Waals surface area contributed by atoms with E-state index in [0.29, 0.717) is 30.4 Å². The Kier molecular flexibility index (Phi) is 5.61. The Bertz CT molecular complexity index is 804. The van der Waals surface area contributed by atoms with E-state index in [1.807, 2.05) is 10.3 Å². The number of piperidine rings is 2. The number of likely N-dealkylation sites (tertiary alicyclic amines) is 2. The van der Waals surface area contributed by atoms with Gasteiger partial charge in [0.15, 0.2) is 0 Å². The van der Waals surface area contributed by atoms with Crippen LogP contribution in [0.1, 0.15) is 32.6 Å². The van der Waals surface area contributed by atoms with Crippen molar-refractivity contribution in [2.75, 3.05) is 31.5 Å². The second-order valence-corrected chi connectivity index (χ2v) is 8.59. The van der Waals surface area contributed by atoms with Crippen molar-refractivity contribution >= 4 is 29.0 Å². The number of nitrogens with one attached hydrogen (secondary N) is 2. The summed E-state index contributed by atoms with van der Waals surface area (Å²) in [5, 5.41) is 12.5. The molecule has 4 rings (SSSR count). The average Bonchev–Trinajstić information content (AvgIpc) is 3.40. The molecule has 3 amide bonds. The van der Waals surface area contributed by atoms with Crippen LogP contribution in [-0.4, -0.2) is 63.1 Å². The van der Waals surface area contributed by atoms with Crippen molar-refractivity contribution in [2.45, 2.75) is 32.6 Å². The predicted octanol–water partition coefficient (Wildman–Crippen LogP) is 3.04. The monoisotopic (exact) mass is 402 g/mol. The number of H-pyrrole nitrogens is 1. The molecule has 2 aromatic heterocycles. The van der Waals surface area contributed by atoms with Crippen molar-refractivity contribution < 1.29 is 9.59 Å². The first-order valence-corrected chi connectivity index (χ1v) is 10.8. The summed E-state index contributed by atoms with van der Waals surface area (Å²) >= 11 is 1.49. The lowest BCUT2D eigenvalue weighted by atomic mass is 9.93. The molecule has 150 valence electrons. The number of nitrogens with zero attached hydrogens (tertiary/aromatic N) is 4. The maximum atomic E-state index is 12.8. The molecule has 2 saturated heterocycles. The quantitative estimate of drug-likeness (QED) is 0.825.